The molecule has 0 bridgehead atoms. The van der Waals surface area contributed by atoms with Crippen molar-refractivity contribution in [1.82, 2.24) is 4.90 Å². The molecule has 0 spiro atoms. The Kier molecular flexibility index (Phi) is 9.13. The molecule has 0 aliphatic heterocycles. The van der Waals surface area contributed by atoms with Crippen LogP contribution in [0.5, 0.6) is 0 Å². The second kappa shape index (κ2) is 9.75. The Labute approximate surface area is 162 Å². The molecule has 1 atom stereocenters. The molecule has 8 nitrogen and oxygen atoms in total. The van der Waals surface area contributed by atoms with E-state index in [-0.39, 0.29) is 25.9 Å². The normalized spacial score (nSPS) is 14.8. The number of rotatable bonds is 11. The molecular weight excluding hydrogens is 440 g/mol. The van der Waals surface area contributed by atoms with Crippen LogP contribution in [0.1, 0.15) is 26.7 Å². The van der Waals surface area contributed by atoms with Crippen LogP contribution in [0, 0.1) is 0 Å². The minimum Gasteiger partial charge on any atom is -0.410 e. The van der Waals surface area contributed by atoms with E-state index in [1.54, 1.807) is 0 Å². The Morgan fingerprint density at radius 1 is 1.07 bits per heavy atom. The fourth-order valence-corrected chi connectivity index (χ4v) is 2.11. The number of amides is 1. The van der Waals surface area contributed by atoms with Crippen molar-refractivity contribution in [2.75, 3.05) is 19.7 Å². The first-order chi connectivity index (χ1) is 13.0. The first-order valence-electron chi connectivity index (χ1n) is 7.89. The molecule has 0 radical (unpaired) electrons. The summed E-state index contributed by atoms with van der Waals surface area (Å²) in [5.41, 5.74) is 0. The standard InChI is InChI=1S/C14H19F6NO7S/c1-4-6-21(7-5-2)11(23)13(14(18,19)20,28-10(22)9(3)15)27-8-12(16,17)29(24,25)26/h3-8H2,1-2H3,(H,24,25,26). The van der Waals surface area contributed by atoms with Crippen LogP contribution >= 0.6 is 0 Å². The summed E-state index contributed by atoms with van der Waals surface area (Å²) in [7, 11) is -6.26. The first-order valence-corrected chi connectivity index (χ1v) is 9.33. The molecule has 0 saturated carbocycles. The van der Waals surface area contributed by atoms with E-state index in [1.807, 2.05) is 0 Å². The van der Waals surface area contributed by atoms with Crippen LogP contribution in [0.25, 0.3) is 0 Å². The van der Waals surface area contributed by atoms with E-state index < -0.39 is 51.6 Å². The maximum atomic E-state index is 13.7. The predicted molar refractivity (Wildman–Crippen MR) is 84.7 cm³/mol. The third-order valence-corrected chi connectivity index (χ3v) is 4.08. The van der Waals surface area contributed by atoms with Gasteiger partial charge in [0.15, 0.2) is 0 Å². The lowest BCUT2D eigenvalue weighted by molar-refractivity contribution is -0.356. The fraction of sp³-hybridized carbons (Fsp3) is 0.714. The maximum absolute atomic E-state index is 13.7. The van der Waals surface area contributed by atoms with Crippen molar-refractivity contribution in [3.05, 3.63) is 12.4 Å². The monoisotopic (exact) mass is 459 g/mol. The quantitative estimate of drug-likeness (QED) is 0.166. The van der Waals surface area contributed by atoms with Crippen LogP contribution in [0.15, 0.2) is 12.4 Å². The van der Waals surface area contributed by atoms with Gasteiger partial charge in [0.1, 0.15) is 6.61 Å². The second-order valence-electron chi connectivity index (χ2n) is 5.60. The van der Waals surface area contributed by atoms with Crippen LogP contribution in [0.3, 0.4) is 0 Å². The third-order valence-electron chi connectivity index (χ3n) is 3.21. The number of esters is 1. The zero-order valence-corrected chi connectivity index (χ0v) is 16.1. The van der Waals surface area contributed by atoms with Gasteiger partial charge in [0.2, 0.25) is 5.83 Å². The molecule has 0 aliphatic carbocycles. The Morgan fingerprint density at radius 3 is 1.83 bits per heavy atom. The molecule has 1 amide bonds. The zero-order chi connectivity index (χ0) is 23.3. The maximum Gasteiger partial charge on any atom is 0.466 e. The van der Waals surface area contributed by atoms with Gasteiger partial charge in [-0.1, -0.05) is 20.4 Å². The van der Waals surface area contributed by atoms with Crippen molar-refractivity contribution in [1.29, 1.82) is 0 Å². The highest BCUT2D eigenvalue weighted by molar-refractivity contribution is 7.86. The predicted octanol–water partition coefficient (Wildman–Crippen LogP) is 2.42. The lowest BCUT2D eigenvalue weighted by atomic mass is 10.2. The summed E-state index contributed by atoms with van der Waals surface area (Å²) in [5.74, 6) is -11.6. The second-order valence-corrected chi connectivity index (χ2v) is 7.15. The molecule has 1 N–H and O–H groups in total. The molecule has 0 fully saturated rings. The van der Waals surface area contributed by atoms with E-state index in [0.29, 0.717) is 4.90 Å². The Balaban J connectivity index is 6.44. The molecule has 0 aliphatic rings. The smallest absolute Gasteiger partial charge is 0.410 e. The largest absolute Gasteiger partial charge is 0.466 e. The summed E-state index contributed by atoms with van der Waals surface area (Å²) in [6, 6.07) is 0. The molecule has 170 valence electrons. The van der Waals surface area contributed by atoms with Crippen molar-refractivity contribution in [3.8, 4) is 0 Å². The average Bonchev–Trinajstić information content (AvgIpc) is 2.55. The van der Waals surface area contributed by atoms with Crippen molar-refractivity contribution in [2.45, 2.75) is 43.9 Å². The highest BCUT2D eigenvalue weighted by Crippen LogP contribution is 2.39. The van der Waals surface area contributed by atoms with Crippen LogP contribution < -0.4 is 0 Å². The Hall–Kier alpha value is -1.87. The van der Waals surface area contributed by atoms with Gasteiger partial charge >= 0.3 is 39.2 Å². The SMILES string of the molecule is C=C(F)C(=O)OC(OCC(F)(F)S(=O)(=O)O)(C(=O)N(CCC)CCC)C(F)(F)F. The number of hydrogen-bond acceptors (Lipinski definition) is 6. The summed E-state index contributed by atoms with van der Waals surface area (Å²) in [6.45, 7) is 1.81. The highest BCUT2D eigenvalue weighted by atomic mass is 32.2. The Bertz CT molecular complexity index is 718. The minimum atomic E-state index is -6.26. The van der Waals surface area contributed by atoms with Crippen molar-refractivity contribution in [3.63, 3.8) is 0 Å². The number of hydrogen-bond donors (Lipinski definition) is 1. The molecule has 0 saturated heterocycles. The van der Waals surface area contributed by atoms with Crippen LogP contribution in [-0.2, 0) is 29.2 Å². The summed E-state index contributed by atoms with van der Waals surface area (Å²) in [6.07, 6.45) is -5.88. The number of carbonyl (C=O) groups is 2. The molecular formula is C14H19F6NO7S. The molecule has 0 rings (SSSR count). The van der Waals surface area contributed by atoms with Gasteiger partial charge in [-0.05, 0) is 12.8 Å². The third kappa shape index (κ3) is 6.57. The first kappa shape index (κ1) is 27.1. The summed E-state index contributed by atoms with van der Waals surface area (Å²) < 4.78 is 118. The number of ether oxygens (including phenoxy) is 2. The number of alkyl halides is 5. The van der Waals surface area contributed by atoms with Gasteiger partial charge in [-0.3, -0.25) is 9.35 Å². The number of nitrogens with zero attached hydrogens (tertiary/aromatic N) is 1. The topological polar surface area (TPSA) is 110 Å². The van der Waals surface area contributed by atoms with E-state index in [2.05, 4.69) is 16.1 Å². The Morgan fingerprint density at radius 2 is 1.52 bits per heavy atom. The highest BCUT2D eigenvalue weighted by Gasteiger charge is 2.68. The van der Waals surface area contributed by atoms with Crippen LogP contribution in [0.4, 0.5) is 26.3 Å². The van der Waals surface area contributed by atoms with Gasteiger partial charge in [0.05, 0.1) is 0 Å². The van der Waals surface area contributed by atoms with E-state index in [9.17, 15) is 44.3 Å². The minimum absolute atomic E-state index is 0.0879. The summed E-state index contributed by atoms with van der Waals surface area (Å²) >= 11 is 0. The molecule has 0 aromatic carbocycles. The van der Waals surface area contributed by atoms with Crippen molar-refractivity contribution < 1.29 is 58.4 Å². The lowest BCUT2D eigenvalue weighted by Gasteiger charge is -2.37. The van der Waals surface area contributed by atoms with E-state index in [1.165, 1.54) is 13.8 Å². The van der Waals surface area contributed by atoms with Gasteiger partial charge in [-0.15, -0.1) is 0 Å². The van der Waals surface area contributed by atoms with Gasteiger partial charge in [0.25, 0.3) is 0 Å². The van der Waals surface area contributed by atoms with Crippen molar-refractivity contribution >= 4 is 22.0 Å². The molecule has 0 heterocycles. The van der Waals surface area contributed by atoms with E-state index in [0.717, 1.165) is 0 Å². The molecule has 0 aromatic heterocycles. The summed E-state index contributed by atoms with van der Waals surface area (Å²) in [5, 5.41) is -5.32. The summed E-state index contributed by atoms with van der Waals surface area (Å²) in [4.78, 5) is 24.3. The van der Waals surface area contributed by atoms with Gasteiger partial charge < -0.3 is 14.4 Å². The fourth-order valence-electron chi connectivity index (χ4n) is 1.90. The van der Waals surface area contributed by atoms with Crippen LogP contribution in [-0.4, -0.2) is 66.7 Å². The van der Waals surface area contributed by atoms with Crippen LogP contribution in [0.2, 0.25) is 0 Å². The molecule has 0 aromatic rings. The number of carbonyl (C=O) groups excluding carboxylic acids is 2. The molecule has 29 heavy (non-hydrogen) atoms. The van der Waals surface area contributed by atoms with E-state index in [4.69, 9.17) is 4.55 Å². The average molecular weight is 459 g/mol. The van der Waals surface area contributed by atoms with E-state index >= 15 is 0 Å². The van der Waals surface area contributed by atoms with Crippen molar-refractivity contribution in [2.24, 2.45) is 0 Å². The van der Waals surface area contributed by atoms with Gasteiger partial charge in [-0.2, -0.15) is 34.8 Å². The lowest BCUT2D eigenvalue weighted by Crippen LogP contribution is -2.63. The van der Waals surface area contributed by atoms with Gasteiger partial charge in [-0.25, -0.2) is 4.79 Å². The van der Waals surface area contributed by atoms with Gasteiger partial charge in [0, 0.05) is 13.1 Å². The number of halogens is 6. The molecule has 15 heteroatoms. The zero-order valence-electron chi connectivity index (χ0n) is 15.3. The molecule has 1 unspecified atom stereocenters.